The van der Waals surface area contributed by atoms with Crippen molar-refractivity contribution >= 4 is 15.7 Å². The molecule has 1 aromatic heterocycles. The van der Waals surface area contributed by atoms with Crippen LogP contribution in [0.4, 0.5) is 10.1 Å². The second kappa shape index (κ2) is 5.56. The van der Waals surface area contributed by atoms with E-state index in [0.29, 0.717) is 12.2 Å². The highest BCUT2D eigenvalue weighted by molar-refractivity contribution is 7.92. The molecular weight excluding hydrogens is 281 g/mol. The average Bonchev–Trinajstić information content (AvgIpc) is 2.46. The van der Waals surface area contributed by atoms with Crippen LogP contribution in [-0.2, 0) is 16.6 Å². The summed E-state index contributed by atoms with van der Waals surface area (Å²) in [6, 6.07) is 9.12. The van der Waals surface area contributed by atoms with E-state index in [9.17, 15) is 12.8 Å². The van der Waals surface area contributed by atoms with E-state index in [1.54, 1.807) is 24.3 Å². The van der Waals surface area contributed by atoms with Gasteiger partial charge in [-0.1, -0.05) is 12.1 Å². The van der Waals surface area contributed by atoms with Crippen LogP contribution in [0.2, 0.25) is 0 Å². The summed E-state index contributed by atoms with van der Waals surface area (Å²) in [6.45, 7) is 0.291. The number of rotatable bonds is 4. The van der Waals surface area contributed by atoms with Crippen LogP contribution < -0.4 is 10.0 Å². The molecule has 2 rings (SSSR count). The molecule has 7 heteroatoms. The van der Waals surface area contributed by atoms with Gasteiger partial charge in [0.05, 0.1) is 5.69 Å². The van der Waals surface area contributed by atoms with Crippen molar-refractivity contribution in [3.05, 3.63) is 54.0 Å². The normalized spacial score (nSPS) is 11.3. The zero-order valence-electron chi connectivity index (χ0n) is 10.8. The van der Waals surface area contributed by atoms with Crippen LogP contribution in [0.5, 0.6) is 0 Å². The predicted molar refractivity (Wildman–Crippen MR) is 74.1 cm³/mol. The first-order valence-electron chi connectivity index (χ1n) is 5.85. The maximum atomic E-state index is 13.6. The summed E-state index contributed by atoms with van der Waals surface area (Å²) in [5, 5.41) is -0.597. The molecule has 0 radical (unpaired) electrons. The lowest BCUT2D eigenvalue weighted by Crippen LogP contribution is -2.28. The lowest BCUT2D eigenvalue weighted by atomic mass is 10.2. The molecule has 0 aliphatic rings. The number of hydrogen-bond donors (Lipinski definition) is 1. The quantitative estimate of drug-likeness (QED) is 0.927. The summed E-state index contributed by atoms with van der Waals surface area (Å²) < 4.78 is 39.3. The molecule has 0 aliphatic heterocycles. The van der Waals surface area contributed by atoms with Crippen molar-refractivity contribution < 1.29 is 12.8 Å². The molecular formula is C13H14FN3O2S. The third kappa shape index (κ3) is 2.63. The molecule has 2 aromatic rings. The summed E-state index contributed by atoms with van der Waals surface area (Å²) in [7, 11) is -2.69. The number of benzene rings is 1. The lowest BCUT2D eigenvalue weighted by molar-refractivity contribution is 0.552. The minimum atomic E-state index is -4.04. The highest BCUT2D eigenvalue weighted by Gasteiger charge is 2.26. The summed E-state index contributed by atoms with van der Waals surface area (Å²) in [4.78, 5) is 3.61. The Morgan fingerprint density at radius 1 is 1.30 bits per heavy atom. The molecule has 0 atom stereocenters. The van der Waals surface area contributed by atoms with Gasteiger partial charge in [0, 0.05) is 19.8 Å². The molecule has 0 spiro atoms. The first-order valence-corrected chi connectivity index (χ1v) is 7.29. The van der Waals surface area contributed by atoms with Gasteiger partial charge in [-0.05, 0) is 29.8 Å². The van der Waals surface area contributed by atoms with E-state index in [1.165, 1.54) is 19.3 Å². The number of pyridine rings is 1. The zero-order chi connectivity index (χ0) is 14.8. The number of hydrogen-bond acceptors (Lipinski definition) is 4. The first kappa shape index (κ1) is 14.4. The van der Waals surface area contributed by atoms with Gasteiger partial charge in [-0.3, -0.25) is 4.31 Å². The summed E-state index contributed by atoms with van der Waals surface area (Å²) in [5.41, 5.74) is 6.71. The van der Waals surface area contributed by atoms with Crippen molar-refractivity contribution in [3.63, 3.8) is 0 Å². The number of aromatic nitrogens is 1. The first-order chi connectivity index (χ1) is 9.46. The molecule has 0 fully saturated rings. The van der Waals surface area contributed by atoms with Crippen LogP contribution in [0.15, 0.2) is 47.6 Å². The monoisotopic (exact) mass is 295 g/mol. The molecule has 0 unspecified atom stereocenters. The van der Waals surface area contributed by atoms with Gasteiger partial charge in [0.1, 0.15) is 0 Å². The van der Waals surface area contributed by atoms with E-state index in [1.807, 2.05) is 0 Å². The van der Waals surface area contributed by atoms with E-state index < -0.39 is 20.9 Å². The Labute approximate surface area is 116 Å². The summed E-state index contributed by atoms with van der Waals surface area (Å²) in [6.07, 6.45) is 1.24. The largest absolute Gasteiger partial charge is 0.326 e. The Morgan fingerprint density at radius 2 is 2.05 bits per heavy atom. The maximum absolute atomic E-state index is 13.6. The maximum Gasteiger partial charge on any atom is 0.284 e. The molecule has 0 aliphatic carbocycles. The SMILES string of the molecule is CN(c1cccc(CN)c1)S(=O)(=O)c1ncccc1F. The van der Waals surface area contributed by atoms with Crippen LogP contribution in [0.3, 0.4) is 0 Å². The number of sulfonamides is 1. The highest BCUT2D eigenvalue weighted by Crippen LogP contribution is 2.23. The fraction of sp³-hybridized carbons (Fsp3) is 0.154. The fourth-order valence-corrected chi connectivity index (χ4v) is 2.87. The molecule has 5 nitrogen and oxygen atoms in total. The molecule has 1 heterocycles. The van der Waals surface area contributed by atoms with E-state index in [2.05, 4.69) is 4.98 Å². The van der Waals surface area contributed by atoms with Crippen LogP contribution in [0, 0.1) is 5.82 Å². The van der Waals surface area contributed by atoms with Crippen molar-refractivity contribution in [3.8, 4) is 0 Å². The van der Waals surface area contributed by atoms with Gasteiger partial charge in [0.25, 0.3) is 10.0 Å². The summed E-state index contributed by atoms with van der Waals surface area (Å²) >= 11 is 0. The Morgan fingerprint density at radius 3 is 2.70 bits per heavy atom. The molecule has 0 saturated heterocycles. The third-order valence-electron chi connectivity index (χ3n) is 2.84. The fourth-order valence-electron chi connectivity index (χ4n) is 1.71. The predicted octanol–water partition coefficient (Wildman–Crippen LogP) is 1.50. The molecule has 106 valence electrons. The van der Waals surface area contributed by atoms with Crippen molar-refractivity contribution in [2.24, 2.45) is 5.73 Å². The Hall–Kier alpha value is -1.99. The van der Waals surface area contributed by atoms with Crippen LogP contribution in [0.1, 0.15) is 5.56 Å². The minimum absolute atomic E-state index is 0.291. The van der Waals surface area contributed by atoms with Gasteiger partial charge < -0.3 is 5.73 Å². The molecule has 1 aromatic carbocycles. The smallest absolute Gasteiger partial charge is 0.284 e. The van der Waals surface area contributed by atoms with E-state index in [0.717, 1.165) is 15.9 Å². The van der Waals surface area contributed by atoms with Crippen LogP contribution >= 0.6 is 0 Å². The topological polar surface area (TPSA) is 76.3 Å². The highest BCUT2D eigenvalue weighted by atomic mass is 32.2. The van der Waals surface area contributed by atoms with Gasteiger partial charge in [-0.25, -0.2) is 9.37 Å². The molecule has 0 amide bonds. The van der Waals surface area contributed by atoms with Crippen molar-refractivity contribution in [1.29, 1.82) is 0 Å². The van der Waals surface area contributed by atoms with Crippen LogP contribution in [-0.4, -0.2) is 20.4 Å². The van der Waals surface area contributed by atoms with E-state index in [-0.39, 0.29) is 0 Å². The Kier molecular flexibility index (Phi) is 4.01. The molecule has 0 bridgehead atoms. The van der Waals surface area contributed by atoms with E-state index in [4.69, 9.17) is 5.73 Å². The summed E-state index contributed by atoms with van der Waals surface area (Å²) in [5.74, 6) is -0.880. The van der Waals surface area contributed by atoms with Gasteiger partial charge in [0.2, 0.25) is 5.03 Å². The molecule has 0 saturated carbocycles. The van der Waals surface area contributed by atoms with Crippen molar-refractivity contribution in [2.75, 3.05) is 11.4 Å². The van der Waals surface area contributed by atoms with Gasteiger partial charge >= 0.3 is 0 Å². The second-order valence-electron chi connectivity index (χ2n) is 4.14. The van der Waals surface area contributed by atoms with Crippen LogP contribution in [0.25, 0.3) is 0 Å². The van der Waals surface area contributed by atoms with Gasteiger partial charge in [-0.2, -0.15) is 8.42 Å². The van der Waals surface area contributed by atoms with E-state index >= 15 is 0 Å². The molecule has 2 N–H and O–H groups in total. The van der Waals surface area contributed by atoms with Crippen molar-refractivity contribution in [1.82, 2.24) is 4.98 Å². The lowest BCUT2D eigenvalue weighted by Gasteiger charge is -2.19. The number of nitrogens with zero attached hydrogens (tertiary/aromatic N) is 2. The molecule has 20 heavy (non-hydrogen) atoms. The average molecular weight is 295 g/mol. The number of halogens is 1. The Balaban J connectivity index is 2.46. The third-order valence-corrected chi connectivity index (χ3v) is 4.56. The standard InChI is InChI=1S/C13H14FN3O2S/c1-17(11-5-2-4-10(8-11)9-15)20(18,19)13-12(14)6-3-7-16-13/h2-8H,9,15H2,1H3. The van der Waals surface area contributed by atoms with Gasteiger partial charge in [0.15, 0.2) is 5.82 Å². The zero-order valence-corrected chi connectivity index (χ0v) is 11.6. The minimum Gasteiger partial charge on any atom is -0.326 e. The van der Waals surface area contributed by atoms with Gasteiger partial charge in [-0.15, -0.1) is 0 Å². The number of nitrogens with two attached hydrogens (primary N) is 1. The number of anilines is 1. The second-order valence-corrected chi connectivity index (χ2v) is 6.02. The van der Waals surface area contributed by atoms with Crippen molar-refractivity contribution in [2.45, 2.75) is 11.6 Å². The Bertz CT molecular complexity index is 719.